The van der Waals surface area contributed by atoms with E-state index < -0.39 is 12.0 Å². The van der Waals surface area contributed by atoms with Crippen molar-refractivity contribution in [2.45, 2.75) is 36.5 Å². The number of thioether (sulfide) groups is 1. The highest BCUT2D eigenvalue weighted by molar-refractivity contribution is 7.99. The molecule has 1 amide bonds. The zero-order valence-corrected chi connectivity index (χ0v) is 11.2. The normalized spacial score (nSPS) is 12.2. The third-order valence-corrected chi connectivity index (χ3v) is 3.32. The summed E-state index contributed by atoms with van der Waals surface area (Å²) in [5.41, 5.74) is 0.893. The molecule has 5 heteroatoms. The van der Waals surface area contributed by atoms with Gasteiger partial charge in [0, 0.05) is 16.6 Å². The number of carboxylic acids is 1. The van der Waals surface area contributed by atoms with Crippen molar-refractivity contribution >= 4 is 24.1 Å². The van der Waals surface area contributed by atoms with E-state index in [1.807, 2.05) is 24.3 Å². The van der Waals surface area contributed by atoms with Crippen LogP contribution in [0, 0.1) is 0 Å². The fourth-order valence-corrected chi connectivity index (χ4v) is 2.35. The third-order valence-electron chi connectivity index (χ3n) is 2.30. The molecule has 18 heavy (non-hydrogen) atoms. The maximum absolute atomic E-state index is 10.9. The monoisotopic (exact) mass is 267 g/mol. The predicted molar refractivity (Wildman–Crippen MR) is 71.8 cm³/mol. The zero-order chi connectivity index (χ0) is 13.5. The van der Waals surface area contributed by atoms with E-state index in [1.165, 1.54) is 0 Å². The van der Waals surface area contributed by atoms with Crippen LogP contribution in [0.15, 0.2) is 29.2 Å². The van der Waals surface area contributed by atoms with E-state index in [-0.39, 0.29) is 0 Å². The van der Waals surface area contributed by atoms with Gasteiger partial charge in [-0.2, -0.15) is 0 Å². The number of nitrogens with one attached hydrogen (secondary N) is 1. The SMILES string of the molecule is CC(C)Sc1ccc(C[C@H](NC=O)C(=O)O)cc1. The predicted octanol–water partition coefficient (Wildman–Crippen LogP) is 1.93. The molecule has 0 saturated heterocycles. The van der Waals surface area contributed by atoms with Gasteiger partial charge in [-0.25, -0.2) is 4.79 Å². The molecule has 0 spiro atoms. The third kappa shape index (κ3) is 4.79. The van der Waals surface area contributed by atoms with Crippen LogP contribution in [0.5, 0.6) is 0 Å². The molecule has 4 nitrogen and oxygen atoms in total. The second kappa shape index (κ2) is 7.06. The molecule has 2 N–H and O–H groups in total. The summed E-state index contributed by atoms with van der Waals surface area (Å²) in [5.74, 6) is -1.03. The number of carbonyl (C=O) groups excluding carboxylic acids is 1. The minimum atomic E-state index is -1.03. The molecule has 0 aliphatic rings. The van der Waals surface area contributed by atoms with Crippen molar-refractivity contribution in [2.75, 3.05) is 0 Å². The van der Waals surface area contributed by atoms with E-state index in [0.29, 0.717) is 18.1 Å². The second-order valence-electron chi connectivity index (χ2n) is 4.19. The zero-order valence-electron chi connectivity index (χ0n) is 10.4. The smallest absolute Gasteiger partial charge is 0.326 e. The topological polar surface area (TPSA) is 66.4 Å². The molecular formula is C13H17NO3S. The average Bonchev–Trinajstić information content (AvgIpc) is 2.30. The van der Waals surface area contributed by atoms with Crippen molar-refractivity contribution in [2.24, 2.45) is 0 Å². The molecule has 98 valence electrons. The van der Waals surface area contributed by atoms with Gasteiger partial charge in [0.05, 0.1) is 0 Å². The van der Waals surface area contributed by atoms with Crippen LogP contribution < -0.4 is 5.32 Å². The fourth-order valence-electron chi connectivity index (χ4n) is 1.51. The number of aliphatic carboxylic acids is 1. The first-order chi connectivity index (χ1) is 8.52. The Morgan fingerprint density at radius 2 is 2.00 bits per heavy atom. The van der Waals surface area contributed by atoms with Gasteiger partial charge in [0.25, 0.3) is 0 Å². The molecule has 1 atom stereocenters. The van der Waals surface area contributed by atoms with Gasteiger partial charge in [0.1, 0.15) is 6.04 Å². The van der Waals surface area contributed by atoms with E-state index >= 15 is 0 Å². The molecule has 0 saturated carbocycles. The van der Waals surface area contributed by atoms with E-state index in [4.69, 9.17) is 5.11 Å². The Morgan fingerprint density at radius 1 is 1.39 bits per heavy atom. The van der Waals surface area contributed by atoms with E-state index in [9.17, 15) is 9.59 Å². The van der Waals surface area contributed by atoms with Gasteiger partial charge in [0.15, 0.2) is 0 Å². The van der Waals surface area contributed by atoms with Crippen molar-refractivity contribution in [3.05, 3.63) is 29.8 Å². The van der Waals surface area contributed by atoms with Crippen molar-refractivity contribution in [3.63, 3.8) is 0 Å². The van der Waals surface area contributed by atoms with Crippen molar-refractivity contribution < 1.29 is 14.7 Å². The van der Waals surface area contributed by atoms with Gasteiger partial charge in [-0.1, -0.05) is 26.0 Å². The Bertz CT molecular complexity index is 403. The van der Waals surface area contributed by atoms with Crippen LogP contribution in [-0.4, -0.2) is 28.8 Å². The van der Waals surface area contributed by atoms with Crippen LogP contribution in [0.2, 0.25) is 0 Å². The molecule has 0 aromatic heterocycles. The largest absolute Gasteiger partial charge is 0.480 e. The fraction of sp³-hybridized carbons (Fsp3) is 0.385. The number of carboxylic acid groups (broad SMARTS) is 1. The Hall–Kier alpha value is -1.49. The molecule has 0 fully saturated rings. The maximum atomic E-state index is 10.9. The van der Waals surface area contributed by atoms with Gasteiger partial charge in [0.2, 0.25) is 6.41 Å². The molecule has 1 aromatic carbocycles. The summed E-state index contributed by atoms with van der Waals surface area (Å²) in [4.78, 5) is 22.3. The number of rotatable bonds is 7. The first-order valence-electron chi connectivity index (χ1n) is 5.71. The average molecular weight is 267 g/mol. The van der Waals surface area contributed by atoms with Crippen LogP contribution in [0.3, 0.4) is 0 Å². The number of carbonyl (C=O) groups is 2. The van der Waals surface area contributed by atoms with Gasteiger partial charge >= 0.3 is 5.97 Å². The number of amides is 1. The lowest BCUT2D eigenvalue weighted by Crippen LogP contribution is -2.37. The molecule has 0 radical (unpaired) electrons. The first-order valence-corrected chi connectivity index (χ1v) is 6.59. The van der Waals surface area contributed by atoms with Crippen LogP contribution in [0.25, 0.3) is 0 Å². The molecule has 0 unspecified atom stereocenters. The molecule has 1 aromatic rings. The molecule has 1 rings (SSSR count). The molecule has 0 aliphatic carbocycles. The highest BCUT2D eigenvalue weighted by atomic mass is 32.2. The minimum absolute atomic E-state index is 0.292. The van der Waals surface area contributed by atoms with E-state index in [0.717, 1.165) is 10.5 Å². The highest BCUT2D eigenvalue weighted by Gasteiger charge is 2.16. The number of hydrogen-bond acceptors (Lipinski definition) is 3. The summed E-state index contributed by atoms with van der Waals surface area (Å²) >= 11 is 1.75. The summed E-state index contributed by atoms with van der Waals surface area (Å²) in [5, 5.41) is 11.7. The Kier molecular flexibility index (Phi) is 5.71. The molecule has 0 aliphatic heterocycles. The number of hydrogen-bond donors (Lipinski definition) is 2. The van der Waals surface area contributed by atoms with Gasteiger partial charge in [-0.15, -0.1) is 11.8 Å². The van der Waals surface area contributed by atoms with E-state index in [2.05, 4.69) is 19.2 Å². The summed E-state index contributed by atoms with van der Waals surface area (Å²) in [7, 11) is 0. The molecular weight excluding hydrogens is 250 g/mol. The molecule has 0 bridgehead atoms. The lowest BCUT2D eigenvalue weighted by molar-refractivity contribution is -0.140. The van der Waals surface area contributed by atoms with Crippen molar-refractivity contribution in [3.8, 4) is 0 Å². The number of benzene rings is 1. The first kappa shape index (κ1) is 14.6. The van der Waals surface area contributed by atoms with Crippen LogP contribution in [0.4, 0.5) is 0 Å². The summed E-state index contributed by atoms with van der Waals surface area (Å²) in [6.45, 7) is 4.24. The van der Waals surface area contributed by atoms with Crippen LogP contribution in [0.1, 0.15) is 19.4 Å². The van der Waals surface area contributed by atoms with Gasteiger partial charge < -0.3 is 10.4 Å². The molecule has 0 heterocycles. The Morgan fingerprint density at radius 3 is 2.44 bits per heavy atom. The lowest BCUT2D eigenvalue weighted by Gasteiger charge is -2.11. The minimum Gasteiger partial charge on any atom is -0.480 e. The van der Waals surface area contributed by atoms with Gasteiger partial charge in [-0.05, 0) is 17.7 Å². The van der Waals surface area contributed by atoms with Crippen LogP contribution >= 0.6 is 11.8 Å². The second-order valence-corrected chi connectivity index (χ2v) is 5.84. The van der Waals surface area contributed by atoms with E-state index in [1.54, 1.807) is 11.8 Å². The van der Waals surface area contributed by atoms with Crippen LogP contribution in [-0.2, 0) is 16.0 Å². The summed E-state index contributed by atoms with van der Waals surface area (Å²) in [6.07, 6.45) is 0.711. The standard InChI is InChI=1S/C13H17NO3S/c1-9(2)18-11-5-3-10(4-6-11)7-12(13(16)17)14-8-15/h3-6,8-9,12H,7H2,1-2H3,(H,14,15)(H,16,17)/t12-/m0/s1. The maximum Gasteiger partial charge on any atom is 0.326 e. The highest BCUT2D eigenvalue weighted by Crippen LogP contribution is 2.23. The summed E-state index contributed by atoms with van der Waals surface area (Å²) in [6, 6.07) is 6.87. The van der Waals surface area contributed by atoms with Crippen molar-refractivity contribution in [1.82, 2.24) is 5.32 Å². The Balaban J connectivity index is 2.66. The van der Waals surface area contributed by atoms with Crippen molar-refractivity contribution in [1.29, 1.82) is 0 Å². The Labute approximate surface area is 111 Å². The lowest BCUT2D eigenvalue weighted by atomic mass is 10.1. The summed E-state index contributed by atoms with van der Waals surface area (Å²) < 4.78 is 0. The quantitative estimate of drug-likeness (QED) is 0.585. The van der Waals surface area contributed by atoms with Gasteiger partial charge in [-0.3, -0.25) is 4.79 Å².